The molecule has 2 N–H and O–H groups in total. The number of ether oxygens (including phenoxy) is 1. The predicted molar refractivity (Wildman–Crippen MR) is 55.4 cm³/mol. The Hall–Kier alpha value is -0.610. The molecule has 4 nitrogen and oxygen atoms in total. The zero-order valence-corrected chi connectivity index (χ0v) is 9.46. The van der Waals surface area contributed by atoms with Crippen LogP contribution < -0.4 is 5.32 Å². The zero-order chi connectivity index (χ0) is 11.2. The molecule has 0 saturated heterocycles. The third-order valence-corrected chi connectivity index (χ3v) is 2.22. The lowest BCUT2D eigenvalue weighted by molar-refractivity contribution is -0.144. The number of nitrogens with one attached hydrogen (secondary N) is 1. The molecule has 0 aromatic carbocycles. The van der Waals surface area contributed by atoms with Crippen molar-refractivity contribution >= 4 is 5.97 Å². The highest BCUT2D eigenvalue weighted by molar-refractivity contribution is 5.78. The molecule has 14 heavy (non-hydrogen) atoms. The zero-order valence-electron chi connectivity index (χ0n) is 9.46. The van der Waals surface area contributed by atoms with Crippen LogP contribution in [0.1, 0.15) is 27.2 Å². The molecule has 0 aliphatic rings. The van der Waals surface area contributed by atoms with E-state index in [1.165, 1.54) is 0 Å². The van der Waals surface area contributed by atoms with E-state index in [1.807, 2.05) is 0 Å². The minimum Gasteiger partial charge on any atom is -0.480 e. The van der Waals surface area contributed by atoms with Gasteiger partial charge in [-0.2, -0.15) is 0 Å². The summed E-state index contributed by atoms with van der Waals surface area (Å²) in [4.78, 5) is 10.9. The van der Waals surface area contributed by atoms with Crippen molar-refractivity contribution in [2.45, 2.75) is 32.7 Å². The highest BCUT2D eigenvalue weighted by atomic mass is 16.5. The second-order valence-electron chi connectivity index (χ2n) is 4.11. The monoisotopic (exact) mass is 203 g/mol. The van der Waals surface area contributed by atoms with E-state index in [1.54, 1.807) is 14.0 Å². The van der Waals surface area contributed by atoms with Gasteiger partial charge in [0.2, 0.25) is 0 Å². The molecule has 0 aromatic rings. The van der Waals surface area contributed by atoms with E-state index in [0.717, 1.165) is 0 Å². The molecular weight excluding hydrogens is 182 g/mol. The van der Waals surface area contributed by atoms with Crippen LogP contribution in [0.25, 0.3) is 0 Å². The SMILES string of the molecule is CNC(C)(CCOCC(C)C)C(=O)O. The highest BCUT2D eigenvalue weighted by Gasteiger charge is 2.30. The number of rotatable bonds is 7. The number of carboxylic acid groups (broad SMARTS) is 1. The molecule has 0 heterocycles. The highest BCUT2D eigenvalue weighted by Crippen LogP contribution is 2.09. The van der Waals surface area contributed by atoms with Crippen molar-refractivity contribution in [3.05, 3.63) is 0 Å². The largest absolute Gasteiger partial charge is 0.480 e. The van der Waals surface area contributed by atoms with Crippen LogP contribution in [0.4, 0.5) is 0 Å². The van der Waals surface area contributed by atoms with Crippen LogP contribution in [0, 0.1) is 5.92 Å². The Morgan fingerprint density at radius 3 is 2.50 bits per heavy atom. The van der Waals surface area contributed by atoms with Gasteiger partial charge in [-0.3, -0.25) is 4.79 Å². The van der Waals surface area contributed by atoms with Gasteiger partial charge < -0.3 is 15.2 Å². The predicted octanol–water partition coefficient (Wildman–Crippen LogP) is 1.11. The van der Waals surface area contributed by atoms with Gasteiger partial charge in [-0.15, -0.1) is 0 Å². The third kappa shape index (κ3) is 4.58. The molecule has 0 radical (unpaired) electrons. The molecule has 4 heteroatoms. The van der Waals surface area contributed by atoms with Crippen molar-refractivity contribution in [1.29, 1.82) is 0 Å². The molecular formula is C10H21NO3. The van der Waals surface area contributed by atoms with E-state index >= 15 is 0 Å². The van der Waals surface area contributed by atoms with Gasteiger partial charge in [-0.05, 0) is 26.3 Å². The van der Waals surface area contributed by atoms with Crippen LogP contribution in [-0.2, 0) is 9.53 Å². The number of likely N-dealkylation sites (N-methyl/N-ethyl adjacent to an activating group) is 1. The van der Waals surface area contributed by atoms with Crippen molar-refractivity contribution in [3.8, 4) is 0 Å². The lowest BCUT2D eigenvalue weighted by atomic mass is 9.99. The average molecular weight is 203 g/mol. The van der Waals surface area contributed by atoms with E-state index in [9.17, 15) is 4.79 Å². The van der Waals surface area contributed by atoms with E-state index in [-0.39, 0.29) is 0 Å². The van der Waals surface area contributed by atoms with E-state index in [2.05, 4.69) is 19.2 Å². The fourth-order valence-electron chi connectivity index (χ4n) is 0.934. The number of aliphatic carboxylic acids is 1. The number of hydrogen-bond acceptors (Lipinski definition) is 3. The normalized spacial score (nSPS) is 15.5. The Bertz CT molecular complexity index is 182. The van der Waals surface area contributed by atoms with Crippen LogP contribution >= 0.6 is 0 Å². The van der Waals surface area contributed by atoms with Crippen LogP contribution in [0.3, 0.4) is 0 Å². The Kier molecular flexibility index (Phi) is 5.72. The Morgan fingerprint density at radius 1 is 1.57 bits per heavy atom. The van der Waals surface area contributed by atoms with Crippen LogP contribution in [0.15, 0.2) is 0 Å². The Labute approximate surface area is 85.6 Å². The molecule has 0 aliphatic carbocycles. The van der Waals surface area contributed by atoms with Crippen molar-refractivity contribution in [2.24, 2.45) is 5.92 Å². The van der Waals surface area contributed by atoms with Crippen LogP contribution in [0.2, 0.25) is 0 Å². The van der Waals surface area contributed by atoms with Crippen LogP contribution in [0.5, 0.6) is 0 Å². The lowest BCUT2D eigenvalue weighted by Gasteiger charge is -2.24. The van der Waals surface area contributed by atoms with E-state index < -0.39 is 11.5 Å². The van der Waals surface area contributed by atoms with Gasteiger partial charge in [0.1, 0.15) is 5.54 Å². The average Bonchev–Trinajstić information content (AvgIpc) is 2.11. The summed E-state index contributed by atoms with van der Waals surface area (Å²) in [5.74, 6) is -0.353. The van der Waals surface area contributed by atoms with Gasteiger partial charge in [0.25, 0.3) is 0 Å². The summed E-state index contributed by atoms with van der Waals surface area (Å²) < 4.78 is 5.34. The molecule has 0 spiro atoms. The number of carboxylic acids is 1. The maximum absolute atomic E-state index is 10.9. The molecule has 0 rings (SSSR count). The minimum absolute atomic E-state index is 0.474. The van der Waals surface area contributed by atoms with Crippen molar-refractivity contribution < 1.29 is 14.6 Å². The molecule has 1 atom stereocenters. The second kappa shape index (κ2) is 5.98. The van der Waals surface area contributed by atoms with Crippen molar-refractivity contribution in [2.75, 3.05) is 20.3 Å². The molecule has 0 aromatic heterocycles. The van der Waals surface area contributed by atoms with Crippen LogP contribution in [-0.4, -0.2) is 36.9 Å². The van der Waals surface area contributed by atoms with Gasteiger partial charge in [-0.25, -0.2) is 0 Å². The molecule has 0 bridgehead atoms. The lowest BCUT2D eigenvalue weighted by Crippen LogP contribution is -2.48. The first-order valence-electron chi connectivity index (χ1n) is 4.92. The fourth-order valence-corrected chi connectivity index (χ4v) is 0.934. The first-order chi connectivity index (χ1) is 6.42. The first-order valence-corrected chi connectivity index (χ1v) is 4.92. The van der Waals surface area contributed by atoms with E-state index in [4.69, 9.17) is 9.84 Å². The smallest absolute Gasteiger partial charge is 0.323 e. The van der Waals surface area contributed by atoms with Crippen molar-refractivity contribution in [1.82, 2.24) is 5.32 Å². The molecule has 0 amide bonds. The summed E-state index contributed by atoms with van der Waals surface area (Å²) >= 11 is 0. The van der Waals surface area contributed by atoms with Gasteiger partial charge >= 0.3 is 5.97 Å². The first kappa shape index (κ1) is 13.4. The molecule has 84 valence electrons. The number of carbonyl (C=O) groups is 1. The number of hydrogen-bond donors (Lipinski definition) is 2. The van der Waals surface area contributed by atoms with Gasteiger partial charge in [0.05, 0.1) is 0 Å². The summed E-state index contributed by atoms with van der Waals surface area (Å²) in [5.41, 5.74) is -0.878. The summed E-state index contributed by atoms with van der Waals surface area (Å²) in [5, 5.41) is 11.7. The van der Waals surface area contributed by atoms with Gasteiger partial charge in [0.15, 0.2) is 0 Å². The maximum Gasteiger partial charge on any atom is 0.323 e. The fraction of sp³-hybridized carbons (Fsp3) is 0.900. The molecule has 0 fully saturated rings. The van der Waals surface area contributed by atoms with Gasteiger partial charge in [-0.1, -0.05) is 13.8 Å². The summed E-state index contributed by atoms with van der Waals surface area (Å²) in [6.07, 6.45) is 0.478. The third-order valence-electron chi connectivity index (χ3n) is 2.22. The van der Waals surface area contributed by atoms with Crippen molar-refractivity contribution in [3.63, 3.8) is 0 Å². The molecule has 1 unspecified atom stereocenters. The standard InChI is InChI=1S/C10H21NO3/c1-8(2)7-14-6-5-10(3,11-4)9(12)13/h8,11H,5-7H2,1-4H3,(H,12,13). The summed E-state index contributed by atoms with van der Waals surface area (Å²) in [6.45, 7) is 6.94. The molecule has 0 aliphatic heterocycles. The maximum atomic E-state index is 10.9. The summed E-state index contributed by atoms with van der Waals surface area (Å²) in [7, 11) is 1.65. The van der Waals surface area contributed by atoms with Gasteiger partial charge in [0, 0.05) is 13.2 Å². The second-order valence-corrected chi connectivity index (χ2v) is 4.11. The quantitative estimate of drug-likeness (QED) is 0.609. The minimum atomic E-state index is -0.878. The Morgan fingerprint density at radius 2 is 2.14 bits per heavy atom. The topological polar surface area (TPSA) is 58.6 Å². The Balaban J connectivity index is 3.79. The van der Waals surface area contributed by atoms with E-state index in [0.29, 0.717) is 25.6 Å². The summed E-state index contributed by atoms with van der Waals surface area (Å²) in [6, 6.07) is 0. The molecule has 0 saturated carbocycles.